The number of para-hydroxylation sites is 1. The van der Waals surface area contributed by atoms with E-state index >= 15 is 0 Å². The highest BCUT2D eigenvalue weighted by Gasteiger charge is 2.27. The molecule has 5 rings (SSSR count). The van der Waals surface area contributed by atoms with Gasteiger partial charge in [-0.3, -0.25) is 0 Å². The van der Waals surface area contributed by atoms with Crippen molar-refractivity contribution in [1.82, 2.24) is 0 Å². The summed E-state index contributed by atoms with van der Waals surface area (Å²) in [6, 6.07) is 46.2. The Hall–Kier alpha value is -3.97. The fraction of sp³-hybridized carbons (Fsp3) is 0.0606. The Kier molecular flexibility index (Phi) is 8.68. The zero-order valence-corrected chi connectivity index (χ0v) is 23.1. The molecule has 0 saturated heterocycles. The fourth-order valence-electron chi connectivity index (χ4n) is 4.62. The van der Waals surface area contributed by atoms with E-state index in [1.54, 1.807) is 18.2 Å². The van der Waals surface area contributed by atoms with Crippen LogP contribution in [0.1, 0.15) is 10.4 Å². The van der Waals surface area contributed by atoms with Crippen LogP contribution in [0.25, 0.3) is 0 Å². The molecule has 0 spiro atoms. The first-order valence-corrected chi connectivity index (χ1v) is 15.7. The lowest BCUT2D eigenvalue weighted by Crippen LogP contribution is -2.33. The molecule has 6 heteroatoms. The maximum atomic E-state index is 12.4. The van der Waals surface area contributed by atoms with E-state index in [2.05, 4.69) is 53.4 Å². The molecule has 0 heterocycles. The van der Waals surface area contributed by atoms with Crippen LogP contribution >= 0.6 is 15.8 Å². The predicted molar refractivity (Wildman–Crippen MR) is 165 cm³/mol. The summed E-state index contributed by atoms with van der Waals surface area (Å²) in [7, 11) is -1.79. The van der Waals surface area contributed by atoms with E-state index in [0.717, 1.165) is 0 Å². The smallest absolute Gasteiger partial charge is 0.337 e. The molecule has 5 aromatic carbocycles. The molecule has 0 bridgehead atoms. The summed E-state index contributed by atoms with van der Waals surface area (Å²) in [4.78, 5) is 14.5. The molecule has 194 valence electrons. The predicted octanol–water partition coefficient (Wildman–Crippen LogP) is 6.08. The topological polar surface area (TPSA) is 60.8 Å². The summed E-state index contributed by atoms with van der Waals surface area (Å²) in [5.41, 5.74) is 0.464. The molecule has 5 aromatic rings. The lowest BCUT2D eigenvalue weighted by molar-refractivity contribution is 0.0697. The van der Waals surface area contributed by atoms with E-state index in [0.29, 0.717) is 18.3 Å². The van der Waals surface area contributed by atoms with Gasteiger partial charge >= 0.3 is 5.97 Å². The lowest BCUT2D eigenvalue weighted by atomic mass is 10.1. The SMILES string of the molecule is O=C(O)c1cccc(O)c1N(CP(c1ccccc1)c1ccccc1)CP(c1ccccc1)c1ccccc1. The van der Waals surface area contributed by atoms with Gasteiger partial charge in [0.05, 0.1) is 11.3 Å². The Balaban J connectivity index is 1.66. The zero-order chi connectivity index (χ0) is 27.0. The highest BCUT2D eigenvalue weighted by molar-refractivity contribution is 7.74. The first kappa shape index (κ1) is 26.6. The second-order valence-electron chi connectivity index (χ2n) is 9.00. The van der Waals surface area contributed by atoms with Gasteiger partial charge in [-0.1, -0.05) is 127 Å². The highest BCUT2D eigenvalue weighted by Crippen LogP contribution is 2.44. The van der Waals surface area contributed by atoms with Crippen molar-refractivity contribution in [3.63, 3.8) is 0 Å². The average Bonchev–Trinajstić information content (AvgIpc) is 2.99. The molecule has 4 nitrogen and oxygen atoms in total. The van der Waals surface area contributed by atoms with E-state index in [1.807, 2.05) is 72.8 Å². The number of benzene rings is 5. The number of hydrogen-bond donors (Lipinski definition) is 2. The van der Waals surface area contributed by atoms with E-state index in [9.17, 15) is 15.0 Å². The van der Waals surface area contributed by atoms with Crippen molar-refractivity contribution in [3.8, 4) is 5.75 Å². The van der Waals surface area contributed by atoms with Crippen LogP contribution in [-0.4, -0.2) is 28.8 Å². The van der Waals surface area contributed by atoms with E-state index in [1.165, 1.54) is 21.2 Å². The Morgan fingerprint density at radius 1 is 0.538 bits per heavy atom. The minimum atomic E-state index is -1.06. The van der Waals surface area contributed by atoms with Gasteiger partial charge in [-0.2, -0.15) is 0 Å². The number of carbonyl (C=O) groups is 1. The number of aromatic carboxylic acids is 1. The average molecular weight is 550 g/mol. The van der Waals surface area contributed by atoms with Crippen LogP contribution in [0.15, 0.2) is 140 Å². The van der Waals surface area contributed by atoms with Gasteiger partial charge in [0, 0.05) is 12.6 Å². The minimum absolute atomic E-state index is 0.0259. The normalized spacial score (nSPS) is 11.0. The van der Waals surface area contributed by atoms with Crippen molar-refractivity contribution < 1.29 is 15.0 Å². The van der Waals surface area contributed by atoms with E-state index in [-0.39, 0.29) is 11.3 Å². The van der Waals surface area contributed by atoms with Crippen molar-refractivity contribution >= 4 is 48.7 Å². The summed E-state index contributed by atoms with van der Waals surface area (Å²) in [5.74, 6) is -1.08. The Labute approximate surface area is 231 Å². The largest absolute Gasteiger partial charge is 0.506 e. The number of anilines is 1. The number of rotatable bonds is 10. The molecule has 0 aliphatic carbocycles. The Morgan fingerprint density at radius 2 is 0.897 bits per heavy atom. The van der Waals surface area contributed by atoms with Crippen LogP contribution in [0.2, 0.25) is 0 Å². The van der Waals surface area contributed by atoms with Gasteiger partial charge < -0.3 is 15.1 Å². The standard InChI is InChI=1S/C33H29NO3P2/c35-31-23-13-22-30(33(36)37)32(31)34(24-38(26-14-5-1-6-15-26)27-16-7-2-8-17-27)25-39(28-18-9-3-10-19-28)29-20-11-4-12-21-29/h1-23,35H,24-25H2,(H,36,37). The number of hydrogen-bond acceptors (Lipinski definition) is 3. The number of carboxylic acids is 1. The van der Waals surface area contributed by atoms with Crippen molar-refractivity contribution in [2.24, 2.45) is 0 Å². The first-order valence-electron chi connectivity index (χ1n) is 12.7. The monoisotopic (exact) mass is 549 g/mol. The molecule has 0 aromatic heterocycles. The molecular weight excluding hydrogens is 520 g/mol. The molecule has 0 aliphatic rings. The fourth-order valence-corrected chi connectivity index (χ4v) is 9.32. The van der Waals surface area contributed by atoms with Crippen molar-refractivity contribution in [2.45, 2.75) is 0 Å². The van der Waals surface area contributed by atoms with Gasteiger partial charge in [0.1, 0.15) is 5.75 Å². The van der Waals surface area contributed by atoms with Crippen molar-refractivity contribution in [1.29, 1.82) is 0 Å². The molecule has 0 saturated carbocycles. The molecule has 0 atom stereocenters. The number of phenolic OH excluding ortho intramolecular Hbond substituents is 1. The van der Waals surface area contributed by atoms with Crippen LogP contribution in [0, 0.1) is 0 Å². The zero-order valence-electron chi connectivity index (χ0n) is 21.3. The number of aromatic hydroxyl groups is 1. The Morgan fingerprint density at radius 3 is 1.23 bits per heavy atom. The maximum Gasteiger partial charge on any atom is 0.337 e. The molecule has 0 aliphatic heterocycles. The summed E-state index contributed by atoms with van der Waals surface area (Å²) >= 11 is 0. The van der Waals surface area contributed by atoms with Crippen molar-refractivity contribution in [3.05, 3.63) is 145 Å². The van der Waals surface area contributed by atoms with Crippen LogP contribution < -0.4 is 26.1 Å². The molecular formula is C33H29NO3P2. The quantitative estimate of drug-likeness (QED) is 0.208. The number of phenols is 1. The second kappa shape index (κ2) is 12.7. The van der Waals surface area contributed by atoms with Crippen LogP contribution in [0.5, 0.6) is 5.75 Å². The third kappa shape index (κ3) is 6.37. The summed E-state index contributed by atoms with van der Waals surface area (Å²) in [5, 5.41) is 26.1. The number of nitrogens with zero attached hydrogens (tertiary/aromatic N) is 1. The van der Waals surface area contributed by atoms with E-state index < -0.39 is 21.8 Å². The lowest BCUT2D eigenvalue weighted by Gasteiger charge is -2.35. The van der Waals surface area contributed by atoms with Gasteiger partial charge in [0.2, 0.25) is 0 Å². The molecule has 39 heavy (non-hydrogen) atoms. The maximum absolute atomic E-state index is 12.4. The van der Waals surface area contributed by atoms with Crippen LogP contribution in [0.3, 0.4) is 0 Å². The third-order valence-corrected chi connectivity index (χ3v) is 11.4. The van der Waals surface area contributed by atoms with Gasteiger partial charge in [0.15, 0.2) is 0 Å². The number of carboxylic acid groups (broad SMARTS) is 1. The van der Waals surface area contributed by atoms with Gasteiger partial charge in [0.25, 0.3) is 0 Å². The second-order valence-corrected chi connectivity index (χ2v) is 13.3. The molecule has 2 N–H and O–H groups in total. The molecule has 0 radical (unpaired) electrons. The van der Waals surface area contributed by atoms with Gasteiger partial charge in [-0.15, -0.1) is 0 Å². The molecule has 0 amide bonds. The highest BCUT2D eigenvalue weighted by atomic mass is 31.1. The van der Waals surface area contributed by atoms with Gasteiger partial charge in [-0.25, -0.2) is 4.79 Å². The van der Waals surface area contributed by atoms with Crippen LogP contribution in [-0.2, 0) is 0 Å². The Bertz CT molecular complexity index is 1340. The summed E-state index contributed by atoms with van der Waals surface area (Å²) < 4.78 is 0. The molecule has 0 unspecified atom stereocenters. The van der Waals surface area contributed by atoms with E-state index in [4.69, 9.17) is 0 Å². The molecule has 0 fully saturated rings. The van der Waals surface area contributed by atoms with Crippen LogP contribution in [0.4, 0.5) is 5.69 Å². The summed E-state index contributed by atoms with van der Waals surface area (Å²) in [6.07, 6.45) is 1.11. The van der Waals surface area contributed by atoms with Gasteiger partial charge in [-0.05, 0) is 49.2 Å². The minimum Gasteiger partial charge on any atom is -0.506 e. The van der Waals surface area contributed by atoms with Crippen molar-refractivity contribution in [2.75, 3.05) is 17.5 Å². The summed E-state index contributed by atoms with van der Waals surface area (Å²) in [6.45, 7) is 0. The third-order valence-electron chi connectivity index (χ3n) is 6.46. The first-order chi connectivity index (χ1) is 19.1.